The number of anilines is 2. The second kappa shape index (κ2) is 1.44. The molecule has 0 saturated carbocycles. The summed E-state index contributed by atoms with van der Waals surface area (Å²) in [5.74, 6) is 0.398. The number of nitrogens with zero attached hydrogens (tertiary/aromatic N) is 2. The third-order valence-electron chi connectivity index (χ3n) is 1.29. The zero-order valence-electron chi connectivity index (χ0n) is 5.20. The SMILES string of the molecule is Nc1cc2nc(N)[nH]n2c1. The molecule has 0 unspecified atom stereocenters. The van der Waals surface area contributed by atoms with Crippen LogP contribution < -0.4 is 11.5 Å². The predicted molar refractivity (Wildman–Crippen MR) is 38.4 cm³/mol. The maximum atomic E-state index is 5.46. The van der Waals surface area contributed by atoms with E-state index < -0.39 is 0 Å². The monoisotopic (exact) mass is 137 g/mol. The van der Waals surface area contributed by atoms with E-state index in [2.05, 4.69) is 10.1 Å². The van der Waals surface area contributed by atoms with Crippen molar-refractivity contribution in [1.82, 2.24) is 14.6 Å². The fourth-order valence-corrected chi connectivity index (χ4v) is 0.919. The highest BCUT2D eigenvalue weighted by molar-refractivity contribution is 5.54. The van der Waals surface area contributed by atoms with Crippen LogP contribution in [0, 0.1) is 0 Å². The molecule has 0 spiro atoms. The molecule has 10 heavy (non-hydrogen) atoms. The normalized spacial score (nSPS) is 10.8. The maximum absolute atomic E-state index is 5.46. The van der Waals surface area contributed by atoms with E-state index in [1.54, 1.807) is 16.8 Å². The first-order valence-electron chi connectivity index (χ1n) is 2.85. The number of nitrogens with one attached hydrogen (secondary N) is 1. The van der Waals surface area contributed by atoms with Crippen molar-refractivity contribution in [3.63, 3.8) is 0 Å². The highest BCUT2D eigenvalue weighted by atomic mass is 15.3. The minimum absolute atomic E-state index is 0.398. The third kappa shape index (κ3) is 0.540. The Balaban J connectivity index is 2.83. The third-order valence-corrected chi connectivity index (χ3v) is 1.29. The number of fused-ring (bicyclic) bond motifs is 1. The number of rotatable bonds is 0. The van der Waals surface area contributed by atoms with Gasteiger partial charge in [-0.05, 0) is 0 Å². The van der Waals surface area contributed by atoms with E-state index in [1.165, 1.54) is 0 Å². The van der Waals surface area contributed by atoms with Crippen LogP contribution in [0.3, 0.4) is 0 Å². The molecule has 0 saturated heterocycles. The molecule has 2 heterocycles. The lowest BCUT2D eigenvalue weighted by atomic mass is 10.5. The van der Waals surface area contributed by atoms with Crippen molar-refractivity contribution in [3.8, 4) is 0 Å². The fourth-order valence-electron chi connectivity index (χ4n) is 0.919. The van der Waals surface area contributed by atoms with Crippen LogP contribution in [-0.2, 0) is 0 Å². The van der Waals surface area contributed by atoms with Gasteiger partial charge in [-0.15, -0.1) is 0 Å². The van der Waals surface area contributed by atoms with Crippen molar-refractivity contribution >= 4 is 17.3 Å². The Labute approximate surface area is 56.6 Å². The van der Waals surface area contributed by atoms with E-state index >= 15 is 0 Å². The average molecular weight is 137 g/mol. The molecule has 0 amide bonds. The standard InChI is InChI=1S/C5H7N5/c6-3-1-4-8-5(7)9-10(4)2-3/h1-2H,6H2,(H3,7,8,9). The van der Waals surface area contributed by atoms with Crippen LogP contribution in [0.4, 0.5) is 11.6 Å². The molecule has 5 heteroatoms. The molecule has 5 N–H and O–H groups in total. The Morgan fingerprint density at radius 3 is 3.00 bits per heavy atom. The quantitative estimate of drug-likeness (QED) is 0.471. The van der Waals surface area contributed by atoms with Gasteiger partial charge in [-0.1, -0.05) is 0 Å². The first-order chi connectivity index (χ1) is 4.75. The zero-order valence-corrected chi connectivity index (χ0v) is 5.20. The Bertz CT molecular complexity index is 294. The van der Waals surface area contributed by atoms with Crippen LogP contribution >= 0.6 is 0 Å². The van der Waals surface area contributed by atoms with Gasteiger partial charge >= 0.3 is 0 Å². The van der Waals surface area contributed by atoms with E-state index in [-0.39, 0.29) is 0 Å². The van der Waals surface area contributed by atoms with Crippen LogP contribution in [0.15, 0.2) is 12.3 Å². The summed E-state index contributed by atoms with van der Waals surface area (Å²) in [5, 5.41) is 2.78. The van der Waals surface area contributed by atoms with Gasteiger partial charge in [0, 0.05) is 6.07 Å². The minimum atomic E-state index is 0.398. The second-order valence-corrected chi connectivity index (χ2v) is 2.11. The summed E-state index contributed by atoms with van der Waals surface area (Å²) in [4.78, 5) is 3.94. The predicted octanol–water partition coefficient (Wildman–Crippen LogP) is -0.173. The molecule has 2 aromatic rings. The van der Waals surface area contributed by atoms with Crippen LogP contribution in [0.2, 0.25) is 0 Å². The van der Waals surface area contributed by atoms with Gasteiger partial charge in [0.1, 0.15) is 0 Å². The number of aromatic amines is 1. The number of H-pyrrole nitrogens is 1. The molecule has 2 aromatic heterocycles. The Morgan fingerprint density at radius 1 is 1.50 bits per heavy atom. The summed E-state index contributed by atoms with van der Waals surface area (Å²) in [6.07, 6.45) is 1.72. The number of nitrogen functional groups attached to an aromatic ring is 2. The number of aromatic nitrogens is 3. The van der Waals surface area contributed by atoms with Gasteiger partial charge in [0.2, 0.25) is 5.95 Å². The molecule has 0 fully saturated rings. The highest BCUT2D eigenvalue weighted by Crippen LogP contribution is 2.08. The molecular formula is C5H7N5. The van der Waals surface area contributed by atoms with Gasteiger partial charge in [-0.25, -0.2) is 4.52 Å². The summed E-state index contributed by atoms with van der Waals surface area (Å²) < 4.78 is 1.67. The first kappa shape index (κ1) is 5.16. The molecule has 2 rings (SSSR count). The molecule has 0 aliphatic heterocycles. The molecule has 0 atom stereocenters. The molecular weight excluding hydrogens is 130 g/mol. The topological polar surface area (TPSA) is 85.1 Å². The van der Waals surface area contributed by atoms with Crippen LogP contribution in [0.25, 0.3) is 5.65 Å². The van der Waals surface area contributed by atoms with Gasteiger partial charge in [-0.2, -0.15) is 4.98 Å². The highest BCUT2D eigenvalue weighted by Gasteiger charge is 1.98. The number of hydrogen-bond donors (Lipinski definition) is 3. The van der Waals surface area contributed by atoms with Crippen LogP contribution in [-0.4, -0.2) is 14.6 Å². The minimum Gasteiger partial charge on any atom is -0.397 e. The molecule has 52 valence electrons. The lowest BCUT2D eigenvalue weighted by molar-refractivity contribution is 0.985. The Hall–Kier alpha value is -1.65. The Kier molecular flexibility index (Phi) is 0.743. The van der Waals surface area contributed by atoms with Gasteiger partial charge in [-0.3, -0.25) is 5.10 Å². The smallest absolute Gasteiger partial charge is 0.214 e. The van der Waals surface area contributed by atoms with Crippen molar-refractivity contribution in [2.45, 2.75) is 0 Å². The van der Waals surface area contributed by atoms with E-state index in [0.29, 0.717) is 11.6 Å². The number of hydrogen-bond acceptors (Lipinski definition) is 3. The number of nitrogens with two attached hydrogens (primary N) is 2. The van der Waals surface area contributed by atoms with Gasteiger partial charge in [0.05, 0.1) is 11.9 Å². The van der Waals surface area contributed by atoms with E-state index in [1.807, 2.05) is 0 Å². The lowest BCUT2D eigenvalue weighted by Crippen LogP contribution is -1.88. The largest absolute Gasteiger partial charge is 0.397 e. The maximum Gasteiger partial charge on any atom is 0.214 e. The first-order valence-corrected chi connectivity index (χ1v) is 2.85. The Morgan fingerprint density at radius 2 is 2.30 bits per heavy atom. The zero-order chi connectivity index (χ0) is 7.14. The van der Waals surface area contributed by atoms with Crippen molar-refractivity contribution in [2.24, 2.45) is 0 Å². The summed E-state index contributed by atoms with van der Waals surface area (Å²) in [7, 11) is 0. The van der Waals surface area contributed by atoms with E-state index in [0.717, 1.165) is 5.65 Å². The van der Waals surface area contributed by atoms with E-state index in [4.69, 9.17) is 11.5 Å². The van der Waals surface area contributed by atoms with Crippen molar-refractivity contribution in [1.29, 1.82) is 0 Å². The average Bonchev–Trinajstić information content (AvgIpc) is 2.21. The van der Waals surface area contributed by atoms with E-state index in [9.17, 15) is 0 Å². The lowest BCUT2D eigenvalue weighted by Gasteiger charge is -1.79. The van der Waals surface area contributed by atoms with Gasteiger partial charge in [0.15, 0.2) is 5.65 Å². The molecule has 0 radical (unpaired) electrons. The molecule has 0 aromatic carbocycles. The summed E-state index contributed by atoms with van der Waals surface area (Å²) in [6, 6.07) is 1.74. The summed E-state index contributed by atoms with van der Waals surface area (Å²) in [6.45, 7) is 0. The molecule has 0 aliphatic rings. The van der Waals surface area contributed by atoms with Crippen LogP contribution in [0.5, 0.6) is 0 Å². The van der Waals surface area contributed by atoms with Gasteiger partial charge < -0.3 is 11.5 Å². The van der Waals surface area contributed by atoms with Gasteiger partial charge in [0.25, 0.3) is 0 Å². The van der Waals surface area contributed by atoms with Crippen molar-refractivity contribution < 1.29 is 0 Å². The summed E-state index contributed by atoms with van der Waals surface area (Å²) >= 11 is 0. The van der Waals surface area contributed by atoms with Crippen LogP contribution in [0.1, 0.15) is 0 Å². The second-order valence-electron chi connectivity index (χ2n) is 2.11. The summed E-state index contributed by atoms with van der Waals surface area (Å²) in [5.41, 5.74) is 12.2. The molecule has 5 nitrogen and oxygen atoms in total. The molecule has 0 bridgehead atoms. The van der Waals surface area contributed by atoms with Crippen molar-refractivity contribution in [2.75, 3.05) is 11.5 Å². The fraction of sp³-hybridized carbons (Fsp3) is 0. The van der Waals surface area contributed by atoms with Crippen molar-refractivity contribution in [3.05, 3.63) is 12.3 Å². The molecule has 0 aliphatic carbocycles.